The number of nitrogens with zero attached hydrogens (tertiary/aromatic N) is 4. The molecule has 2 amide bonds. The highest BCUT2D eigenvalue weighted by molar-refractivity contribution is 5.92. The summed E-state index contributed by atoms with van der Waals surface area (Å²) in [4.78, 5) is 37.9. The van der Waals surface area contributed by atoms with Gasteiger partial charge in [-0.1, -0.05) is 43.3 Å². The second kappa shape index (κ2) is 12.3. The number of nitrogens with one attached hydrogen (secondary N) is 1. The van der Waals surface area contributed by atoms with Gasteiger partial charge in [-0.05, 0) is 44.2 Å². The van der Waals surface area contributed by atoms with Gasteiger partial charge in [0.2, 0.25) is 11.8 Å². The number of piperazine rings is 1. The van der Waals surface area contributed by atoms with E-state index in [0.717, 1.165) is 18.4 Å². The number of benzene rings is 2. The third-order valence-electron chi connectivity index (χ3n) is 7.07. The molecule has 1 saturated carbocycles. The topological polar surface area (TPSA) is 77.4 Å². The Balaban J connectivity index is 1.41. The molecule has 0 atom stereocenters. The highest BCUT2D eigenvalue weighted by Crippen LogP contribution is 2.33. The number of rotatable bonds is 10. The lowest BCUT2D eigenvalue weighted by molar-refractivity contribution is -0.134. The van der Waals surface area contributed by atoms with Gasteiger partial charge in [0.1, 0.15) is 5.70 Å². The highest BCUT2D eigenvalue weighted by Gasteiger charge is 2.35. The smallest absolute Gasteiger partial charge is 0.273 e. The van der Waals surface area contributed by atoms with E-state index in [1.54, 1.807) is 30.5 Å². The van der Waals surface area contributed by atoms with E-state index in [4.69, 9.17) is 0 Å². The number of hydrogen-bond acceptors (Lipinski definition) is 5. The van der Waals surface area contributed by atoms with Crippen LogP contribution in [-0.2, 0) is 21.9 Å². The van der Waals surface area contributed by atoms with Gasteiger partial charge in [-0.2, -0.15) is 0 Å². The normalized spacial score (nSPS) is 16.7. The maximum absolute atomic E-state index is 13.8. The monoisotopic (exact) mass is 535 g/mol. The molecule has 39 heavy (non-hydrogen) atoms. The fourth-order valence-corrected chi connectivity index (χ4v) is 4.61. The van der Waals surface area contributed by atoms with Crippen molar-refractivity contribution in [1.82, 2.24) is 9.80 Å². The standard InChI is InChI=1S/C30H35F2N5O2/c1-4-30(31,32)24-12-6-21(7-13-24)20-26(38)35-25-14-10-22(11-15-25)27(33-3)28(34-5-2)36-16-18-37(19-17-36)29(39)23-8-9-23/h5-7,10-15,23H,3-4,8-9,16-20H2,1-2H3,(H,35,38)/b28-27+,34-5-. The van der Waals surface area contributed by atoms with Gasteiger partial charge in [-0.3, -0.25) is 14.6 Å². The maximum Gasteiger partial charge on any atom is 0.273 e. The van der Waals surface area contributed by atoms with Gasteiger partial charge in [0, 0.05) is 61.5 Å². The summed E-state index contributed by atoms with van der Waals surface area (Å²) in [6, 6.07) is 13.1. The summed E-state index contributed by atoms with van der Waals surface area (Å²) in [5, 5.41) is 2.85. The molecule has 1 aliphatic carbocycles. The van der Waals surface area contributed by atoms with Gasteiger partial charge in [0.15, 0.2) is 5.82 Å². The molecule has 1 heterocycles. The van der Waals surface area contributed by atoms with E-state index in [9.17, 15) is 18.4 Å². The van der Waals surface area contributed by atoms with Crippen molar-refractivity contribution in [3.05, 3.63) is 71.0 Å². The van der Waals surface area contributed by atoms with Crippen LogP contribution in [0.4, 0.5) is 14.5 Å². The van der Waals surface area contributed by atoms with E-state index in [1.807, 2.05) is 24.0 Å². The summed E-state index contributed by atoms with van der Waals surface area (Å²) in [7, 11) is 0. The van der Waals surface area contributed by atoms with Crippen LogP contribution < -0.4 is 5.32 Å². The second-order valence-electron chi connectivity index (χ2n) is 9.86. The zero-order chi connectivity index (χ0) is 28.0. The molecular formula is C30H35F2N5O2. The molecule has 1 aliphatic heterocycles. The van der Waals surface area contributed by atoms with Gasteiger partial charge in [0.25, 0.3) is 5.92 Å². The molecule has 2 aromatic rings. The van der Waals surface area contributed by atoms with Crippen LogP contribution in [0.3, 0.4) is 0 Å². The molecule has 1 N–H and O–H groups in total. The Morgan fingerprint density at radius 1 is 1.03 bits per heavy atom. The van der Waals surface area contributed by atoms with Crippen LogP contribution in [0.25, 0.3) is 5.70 Å². The lowest BCUT2D eigenvalue weighted by Gasteiger charge is -2.36. The highest BCUT2D eigenvalue weighted by atomic mass is 19.3. The first-order valence-corrected chi connectivity index (χ1v) is 13.4. The maximum atomic E-state index is 13.8. The molecule has 0 bridgehead atoms. The molecule has 4 rings (SSSR count). The fourth-order valence-electron chi connectivity index (χ4n) is 4.61. The molecule has 2 aliphatic rings. The second-order valence-corrected chi connectivity index (χ2v) is 9.86. The zero-order valence-corrected chi connectivity index (χ0v) is 22.5. The molecule has 206 valence electrons. The van der Waals surface area contributed by atoms with E-state index >= 15 is 0 Å². The van der Waals surface area contributed by atoms with Crippen molar-refractivity contribution < 1.29 is 18.4 Å². The first-order valence-electron chi connectivity index (χ1n) is 13.4. The number of alkyl halides is 2. The first kappa shape index (κ1) is 28.1. The zero-order valence-electron chi connectivity index (χ0n) is 22.5. The Morgan fingerprint density at radius 2 is 1.64 bits per heavy atom. The molecule has 9 heteroatoms. The van der Waals surface area contributed by atoms with Crippen LogP contribution in [-0.4, -0.2) is 60.7 Å². The summed E-state index contributed by atoms with van der Waals surface area (Å²) in [6.45, 7) is 9.67. The summed E-state index contributed by atoms with van der Waals surface area (Å²) in [5.41, 5.74) is 2.63. The lowest BCUT2D eigenvalue weighted by atomic mass is 10.0. The number of carbonyl (C=O) groups is 2. The molecule has 2 fully saturated rings. The Bertz CT molecular complexity index is 1240. The number of aliphatic imine (C=N–C) groups is 2. The number of hydrogen-bond donors (Lipinski definition) is 1. The molecular weight excluding hydrogens is 500 g/mol. The number of carbonyl (C=O) groups excluding carboxylic acids is 2. The van der Waals surface area contributed by atoms with Crippen LogP contribution >= 0.6 is 0 Å². The van der Waals surface area contributed by atoms with Gasteiger partial charge in [-0.15, -0.1) is 0 Å². The Labute approximate surface area is 228 Å². The minimum absolute atomic E-state index is 0.0511. The summed E-state index contributed by atoms with van der Waals surface area (Å²) >= 11 is 0. The molecule has 1 saturated heterocycles. The third-order valence-corrected chi connectivity index (χ3v) is 7.07. The average Bonchev–Trinajstić information content (AvgIpc) is 3.80. The average molecular weight is 536 g/mol. The van der Waals surface area contributed by atoms with Crippen molar-refractivity contribution in [3.63, 3.8) is 0 Å². The summed E-state index contributed by atoms with van der Waals surface area (Å²) in [5.74, 6) is -1.95. The first-order chi connectivity index (χ1) is 18.7. The van der Waals surface area contributed by atoms with Crippen molar-refractivity contribution in [3.8, 4) is 0 Å². The molecule has 0 aromatic heterocycles. The quantitative estimate of drug-likeness (QED) is 0.417. The van der Waals surface area contributed by atoms with Gasteiger partial charge in [0.05, 0.1) is 6.42 Å². The van der Waals surface area contributed by atoms with Crippen LogP contribution in [0, 0.1) is 5.92 Å². The molecule has 7 nitrogen and oxygen atoms in total. The third kappa shape index (κ3) is 6.96. The van der Waals surface area contributed by atoms with Crippen molar-refractivity contribution in [2.24, 2.45) is 15.9 Å². The molecule has 0 unspecified atom stereocenters. The van der Waals surface area contributed by atoms with E-state index in [0.29, 0.717) is 48.9 Å². The minimum Gasteiger partial charge on any atom is -0.351 e. The predicted octanol–water partition coefficient (Wildman–Crippen LogP) is 5.34. The van der Waals surface area contributed by atoms with Gasteiger partial charge >= 0.3 is 0 Å². The SMILES string of the molecule is C=N/C(=C(\N=C/C)N1CCN(C(=O)C2CC2)CC1)c1ccc(NC(=O)Cc2ccc(C(F)(F)CC)cc2)cc1. The number of anilines is 1. The molecule has 0 radical (unpaired) electrons. The predicted molar refractivity (Wildman–Crippen MR) is 151 cm³/mol. The minimum atomic E-state index is -2.87. The number of amides is 2. The van der Waals surface area contributed by atoms with Crippen LogP contribution in [0.1, 0.15) is 49.8 Å². The lowest BCUT2D eigenvalue weighted by Crippen LogP contribution is -2.48. The Morgan fingerprint density at radius 3 is 2.18 bits per heavy atom. The summed E-state index contributed by atoms with van der Waals surface area (Å²) < 4.78 is 27.7. The summed E-state index contributed by atoms with van der Waals surface area (Å²) in [6.07, 6.45) is 3.51. The van der Waals surface area contributed by atoms with Crippen molar-refractivity contribution in [2.45, 2.75) is 45.5 Å². The molecule has 2 aromatic carbocycles. The van der Waals surface area contributed by atoms with E-state index < -0.39 is 5.92 Å². The largest absolute Gasteiger partial charge is 0.351 e. The van der Waals surface area contributed by atoms with Crippen molar-refractivity contribution >= 4 is 36.1 Å². The fraction of sp³-hybridized carbons (Fsp3) is 0.400. The van der Waals surface area contributed by atoms with Gasteiger partial charge in [-0.25, -0.2) is 13.8 Å². The van der Waals surface area contributed by atoms with E-state index in [2.05, 4.69) is 26.9 Å². The van der Waals surface area contributed by atoms with Crippen LogP contribution in [0.2, 0.25) is 0 Å². The van der Waals surface area contributed by atoms with E-state index in [-0.39, 0.29) is 36.1 Å². The van der Waals surface area contributed by atoms with Crippen LogP contribution in [0.15, 0.2) is 64.3 Å². The Kier molecular flexibility index (Phi) is 8.89. The number of halogens is 2. The van der Waals surface area contributed by atoms with Crippen LogP contribution in [0.5, 0.6) is 0 Å². The van der Waals surface area contributed by atoms with E-state index in [1.165, 1.54) is 19.1 Å². The van der Waals surface area contributed by atoms with Crippen molar-refractivity contribution in [2.75, 3.05) is 31.5 Å². The van der Waals surface area contributed by atoms with Gasteiger partial charge < -0.3 is 15.1 Å². The van der Waals surface area contributed by atoms with Crippen molar-refractivity contribution in [1.29, 1.82) is 0 Å². The molecule has 0 spiro atoms. The Hall–Kier alpha value is -3.88.